The fourth-order valence-corrected chi connectivity index (χ4v) is 4.58. The summed E-state index contributed by atoms with van der Waals surface area (Å²) in [5, 5.41) is 7.85. The topological polar surface area (TPSA) is 83.7 Å². The van der Waals surface area contributed by atoms with Gasteiger partial charge in [-0.3, -0.25) is 5.43 Å². The van der Waals surface area contributed by atoms with Crippen LogP contribution < -0.4 is 10.7 Å². The van der Waals surface area contributed by atoms with Gasteiger partial charge in [0.15, 0.2) is 14.9 Å². The van der Waals surface area contributed by atoms with Crippen molar-refractivity contribution in [1.82, 2.24) is 10.7 Å². The number of benzene rings is 1. The van der Waals surface area contributed by atoms with E-state index in [4.69, 9.17) is 28.2 Å². The maximum Gasteiger partial charge on any atom is 0.187 e. The number of halogens is 1. The molecular formula is C16H16ClN3O3S2. The van der Waals surface area contributed by atoms with Gasteiger partial charge in [-0.05, 0) is 42.9 Å². The van der Waals surface area contributed by atoms with Crippen LogP contribution in [0.5, 0.6) is 0 Å². The Morgan fingerprint density at radius 3 is 2.92 bits per heavy atom. The third-order valence-corrected chi connectivity index (χ3v) is 5.87. The monoisotopic (exact) mass is 397 g/mol. The summed E-state index contributed by atoms with van der Waals surface area (Å²) < 4.78 is 28.5. The van der Waals surface area contributed by atoms with E-state index in [1.165, 1.54) is 6.21 Å². The summed E-state index contributed by atoms with van der Waals surface area (Å²) in [7, 11) is -2.94. The minimum Gasteiger partial charge on any atom is -0.455 e. The number of hydrogen-bond donors (Lipinski definition) is 2. The summed E-state index contributed by atoms with van der Waals surface area (Å²) in [5.41, 5.74) is 3.53. The number of rotatable bonds is 4. The molecule has 1 saturated heterocycles. The number of sulfone groups is 1. The van der Waals surface area contributed by atoms with E-state index in [1.54, 1.807) is 12.1 Å². The van der Waals surface area contributed by atoms with Gasteiger partial charge >= 0.3 is 0 Å². The summed E-state index contributed by atoms with van der Waals surface area (Å²) in [6.07, 6.45) is 2.04. The molecule has 2 N–H and O–H groups in total. The molecule has 9 heteroatoms. The lowest BCUT2D eigenvalue weighted by atomic mass is 10.2. The zero-order valence-electron chi connectivity index (χ0n) is 13.1. The van der Waals surface area contributed by atoms with Gasteiger partial charge in [0, 0.05) is 16.6 Å². The van der Waals surface area contributed by atoms with E-state index in [9.17, 15) is 8.42 Å². The molecule has 132 valence electrons. The Morgan fingerprint density at radius 2 is 2.20 bits per heavy atom. The lowest BCUT2D eigenvalue weighted by Crippen LogP contribution is -2.40. The summed E-state index contributed by atoms with van der Waals surface area (Å²) in [4.78, 5) is 0. The highest BCUT2D eigenvalue weighted by Gasteiger charge is 2.28. The highest BCUT2D eigenvalue weighted by molar-refractivity contribution is 7.91. The molecule has 0 aliphatic carbocycles. The zero-order chi connectivity index (χ0) is 17.9. The van der Waals surface area contributed by atoms with Crippen LogP contribution in [0.25, 0.3) is 11.3 Å². The molecule has 2 aromatic rings. The standard InChI is InChI=1S/C16H16ClN3O3S2/c17-12-3-1-2-11(8-12)15-5-4-14(23-15)9-18-20-16(24)19-13-6-7-25(21,22)10-13/h1-5,8-9,13H,6-7,10H2,(H2,19,20,24)/b18-9+. The molecule has 1 aromatic carbocycles. The summed E-state index contributed by atoms with van der Waals surface area (Å²) in [5.74, 6) is 1.52. The third kappa shape index (κ3) is 5.04. The number of nitrogens with one attached hydrogen (secondary N) is 2. The molecule has 1 aromatic heterocycles. The van der Waals surface area contributed by atoms with Crippen molar-refractivity contribution < 1.29 is 12.8 Å². The smallest absolute Gasteiger partial charge is 0.187 e. The zero-order valence-corrected chi connectivity index (χ0v) is 15.5. The number of hydrazone groups is 1. The van der Waals surface area contributed by atoms with Crippen molar-refractivity contribution >= 4 is 45.0 Å². The lowest BCUT2D eigenvalue weighted by molar-refractivity contribution is 0.574. The average molecular weight is 398 g/mol. The minimum absolute atomic E-state index is 0.0969. The first-order valence-corrected chi connectivity index (χ1v) is 10.2. The van der Waals surface area contributed by atoms with Gasteiger partial charge in [-0.15, -0.1) is 0 Å². The largest absolute Gasteiger partial charge is 0.455 e. The number of hydrogen-bond acceptors (Lipinski definition) is 5. The maximum atomic E-state index is 11.4. The normalized spacial score (nSPS) is 19.2. The van der Waals surface area contributed by atoms with E-state index in [0.29, 0.717) is 23.0 Å². The molecule has 0 bridgehead atoms. The molecular weight excluding hydrogens is 382 g/mol. The van der Waals surface area contributed by atoms with Gasteiger partial charge in [0.05, 0.1) is 17.7 Å². The Hall–Kier alpha value is -1.90. The molecule has 1 aliphatic rings. The van der Waals surface area contributed by atoms with Gasteiger partial charge in [-0.1, -0.05) is 23.7 Å². The third-order valence-electron chi connectivity index (χ3n) is 3.66. The van der Waals surface area contributed by atoms with Crippen LogP contribution in [0.2, 0.25) is 5.02 Å². The van der Waals surface area contributed by atoms with Gasteiger partial charge < -0.3 is 9.73 Å². The molecule has 1 aliphatic heterocycles. The van der Waals surface area contributed by atoms with Crippen molar-refractivity contribution in [3.8, 4) is 11.3 Å². The average Bonchev–Trinajstić information content (AvgIpc) is 3.14. The first kappa shape index (κ1) is 17.9. The van der Waals surface area contributed by atoms with Crippen molar-refractivity contribution in [3.63, 3.8) is 0 Å². The lowest BCUT2D eigenvalue weighted by Gasteiger charge is -2.11. The van der Waals surface area contributed by atoms with E-state index in [0.717, 1.165) is 5.56 Å². The second kappa shape index (κ2) is 7.55. The summed E-state index contributed by atoms with van der Waals surface area (Å²) in [6.45, 7) is 0. The Balaban J connectivity index is 1.53. The van der Waals surface area contributed by atoms with Crippen molar-refractivity contribution in [1.29, 1.82) is 0 Å². The van der Waals surface area contributed by atoms with Crippen LogP contribution in [-0.2, 0) is 9.84 Å². The van der Waals surface area contributed by atoms with Crippen molar-refractivity contribution in [2.75, 3.05) is 11.5 Å². The maximum absolute atomic E-state index is 11.4. The summed E-state index contributed by atoms with van der Waals surface area (Å²) >= 11 is 11.1. The predicted octanol–water partition coefficient (Wildman–Crippen LogP) is 2.59. The molecule has 25 heavy (non-hydrogen) atoms. The number of nitrogens with zero attached hydrogens (tertiary/aromatic N) is 1. The SMILES string of the molecule is O=S1(=O)CCC(NC(=S)N/N=C/c2ccc(-c3cccc(Cl)c3)o2)C1. The fraction of sp³-hybridized carbons (Fsp3) is 0.250. The Kier molecular flexibility index (Phi) is 5.41. The van der Waals surface area contributed by atoms with Gasteiger partial charge in [0.2, 0.25) is 0 Å². The fourth-order valence-electron chi connectivity index (χ4n) is 2.50. The Bertz CT molecular complexity index is 909. The number of furan rings is 1. The van der Waals surface area contributed by atoms with Crippen molar-refractivity contribution in [2.24, 2.45) is 5.10 Å². The van der Waals surface area contributed by atoms with Crippen molar-refractivity contribution in [2.45, 2.75) is 12.5 Å². The Labute approximate surface area is 156 Å². The van der Waals surface area contributed by atoms with Crippen LogP contribution in [0.4, 0.5) is 0 Å². The molecule has 6 nitrogen and oxygen atoms in total. The van der Waals surface area contributed by atoms with E-state index in [1.807, 2.05) is 24.3 Å². The molecule has 1 atom stereocenters. The van der Waals surface area contributed by atoms with Crippen LogP contribution in [0, 0.1) is 0 Å². The van der Waals surface area contributed by atoms with Gasteiger partial charge in [0.1, 0.15) is 11.5 Å². The van der Waals surface area contributed by atoms with Crippen LogP contribution >= 0.6 is 23.8 Å². The second-order valence-electron chi connectivity index (χ2n) is 5.66. The van der Waals surface area contributed by atoms with Crippen LogP contribution in [0.3, 0.4) is 0 Å². The molecule has 1 unspecified atom stereocenters. The highest BCUT2D eigenvalue weighted by atomic mass is 35.5. The van der Waals surface area contributed by atoms with Gasteiger partial charge in [0.25, 0.3) is 0 Å². The van der Waals surface area contributed by atoms with Gasteiger partial charge in [-0.25, -0.2) is 8.42 Å². The van der Waals surface area contributed by atoms with Crippen molar-refractivity contribution in [3.05, 3.63) is 47.2 Å². The first-order valence-electron chi connectivity index (χ1n) is 7.57. The van der Waals surface area contributed by atoms with Crippen LogP contribution in [0.1, 0.15) is 12.2 Å². The Morgan fingerprint density at radius 1 is 1.36 bits per heavy atom. The van der Waals surface area contributed by atoms with E-state index in [-0.39, 0.29) is 22.7 Å². The molecule has 0 amide bonds. The summed E-state index contributed by atoms with van der Waals surface area (Å²) in [6, 6.07) is 10.8. The number of thiocarbonyl (C=S) groups is 1. The molecule has 0 saturated carbocycles. The molecule has 0 radical (unpaired) electrons. The molecule has 2 heterocycles. The van der Waals surface area contributed by atoms with Crippen LogP contribution in [0.15, 0.2) is 45.9 Å². The molecule has 3 rings (SSSR count). The second-order valence-corrected chi connectivity index (χ2v) is 8.73. The first-order chi connectivity index (χ1) is 11.9. The van der Waals surface area contributed by atoms with E-state index < -0.39 is 9.84 Å². The highest BCUT2D eigenvalue weighted by Crippen LogP contribution is 2.24. The quantitative estimate of drug-likeness (QED) is 0.468. The van der Waals surface area contributed by atoms with Gasteiger partial charge in [-0.2, -0.15) is 5.10 Å². The predicted molar refractivity (Wildman–Crippen MR) is 103 cm³/mol. The molecule has 0 spiro atoms. The van der Waals surface area contributed by atoms with E-state index >= 15 is 0 Å². The molecule has 1 fully saturated rings. The van der Waals surface area contributed by atoms with E-state index in [2.05, 4.69) is 15.8 Å². The minimum atomic E-state index is -2.94. The van der Waals surface area contributed by atoms with Crippen LogP contribution in [-0.4, -0.2) is 37.3 Å².